The minimum Gasteiger partial charge on any atom is -0.392 e. The highest BCUT2D eigenvalue weighted by atomic mass is 16.5. The predicted octanol–water partition coefficient (Wildman–Crippen LogP) is 0.485. The fourth-order valence-electron chi connectivity index (χ4n) is 3.63. The first-order valence-corrected chi connectivity index (χ1v) is 7.35. The van der Waals surface area contributed by atoms with Crippen molar-refractivity contribution in [2.45, 2.75) is 44.9 Å². The average Bonchev–Trinajstić information content (AvgIpc) is 2.77. The third kappa shape index (κ3) is 2.06. The molecule has 1 N–H and O–H groups in total. The first kappa shape index (κ1) is 14.0. The molecule has 0 amide bonds. The number of methoxy groups -OCH3 is 1. The zero-order valence-corrected chi connectivity index (χ0v) is 12.5. The zero-order valence-electron chi connectivity index (χ0n) is 12.5. The zero-order chi connectivity index (χ0) is 14.3. The van der Waals surface area contributed by atoms with Crippen molar-refractivity contribution < 1.29 is 9.84 Å². The molecule has 2 fully saturated rings. The van der Waals surface area contributed by atoms with Crippen LogP contribution in [0.5, 0.6) is 0 Å². The van der Waals surface area contributed by atoms with Gasteiger partial charge in [-0.2, -0.15) is 0 Å². The van der Waals surface area contributed by atoms with Crippen LogP contribution in [0.4, 0.5) is 0 Å². The van der Waals surface area contributed by atoms with E-state index < -0.39 is 0 Å². The van der Waals surface area contributed by atoms with E-state index in [1.54, 1.807) is 7.11 Å². The lowest BCUT2D eigenvalue weighted by molar-refractivity contribution is -0.201. The Labute approximate surface area is 119 Å². The van der Waals surface area contributed by atoms with E-state index in [0.29, 0.717) is 0 Å². The highest BCUT2D eigenvalue weighted by Gasteiger charge is 2.55. The van der Waals surface area contributed by atoms with Crippen LogP contribution < -0.4 is 0 Å². The van der Waals surface area contributed by atoms with Crippen molar-refractivity contribution in [1.29, 1.82) is 0 Å². The quantitative estimate of drug-likeness (QED) is 0.873. The van der Waals surface area contributed by atoms with Gasteiger partial charge in [-0.25, -0.2) is 0 Å². The van der Waals surface area contributed by atoms with Crippen LogP contribution in [-0.4, -0.2) is 57.2 Å². The molecule has 2 atom stereocenters. The lowest BCUT2D eigenvalue weighted by atomic mass is 9.58. The molecule has 0 unspecified atom stereocenters. The van der Waals surface area contributed by atoms with Crippen molar-refractivity contribution in [2.24, 2.45) is 12.5 Å². The average molecular weight is 280 g/mol. The van der Waals surface area contributed by atoms with E-state index in [-0.39, 0.29) is 17.6 Å². The Morgan fingerprint density at radius 1 is 1.35 bits per heavy atom. The van der Waals surface area contributed by atoms with Crippen LogP contribution in [0, 0.1) is 12.3 Å². The van der Waals surface area contributed by atoms with Gasteiger partial charge in [0.05, 0.1) is 18.8 Å². The molecule has 0 bridgehead atoms. The van der Waals surface area contributed by atoms with Gasteiger partial charge in [0.1, 0.15) is 11.6 Å². The van der Waals surface area contributed by atoms with Gasteiger partial charge >= 0.3 is 0 Å². The normalized spacial score (nSPS) is 29.6. The molecule has 2 aliphatic rings. The summed E-state index contributed by atoms with van der Waals surface area (Å²) in [5.41, 5.74) is 0.00105. The van der Waals surface area contributed by atoms with Crippen LogP contribution in [0.3, 0.4) is 0 Å². The molecule has 6 heteroatoms. The monoisotopic (exact) mass is 280 g/mol. The molecule has 1 saturated heterocycles. The molecule has 20 heavy (non-hydrogen) atoms. The summed E-state index contributed by atoms with van der Waals surface area (Å²) in [6, 6.07) is 0. The van der Waals surface area contributed by atoms with E-state index in [1.807, 2.05) is 18.5 Å². The molecule has 3 rings (SSSR count). The second-order valence-electron chi connectivity index (χ2n) is 6.21. The first-order valence-electron chi connectivity index (χ1n) is 7.35. The summed E-state index contributed by atoms with van der Waals surface area (Å²) in [6.07, 6.45) is 2.84. The van der Waals surface area contributed by atoms with Gasteiger partial charge in [-0.3, -0.25) is 4.90 Å². The lowest BCUT2D eigenvalue weighted by Gasteiger charge is -2.56. The van der Waals surface area contributed by atoms with Gasteiger partial charge < -0.3 is 14.4 Å². The van der Waals surface area contributed by atoms with Crippen LogP contribution in [-0.2, 0) is 18.3 Å². The second kappa shape index (κ2) is 5.09. The topological polar surface area (TPSA) is 63.4 Å². The maximum atomic E-state index is 10.1. The molecule has 112 valence electrons. The van der Waals surface area contributed by atoms with Crippen molar-refractivity contribution in [3.05, 3.63) is 11.6 Å². The van der Waals surface area contributed by atoms with E-state index >= 15 is 0 Å². The number of likely N-dealkylation sites (tertiary alicyclic amines) is 1. The summed E-state index contributed by atoms with van der Waals surface area (Å²) in [6.45, 7) is 4.78. The smallest absolute Gasteiger partial charge is 0.146 e. The summed E-state index contributed by atoms with van der Waals surface area (Å²) < 4.78 is 7.56. The Balaban J connectivity index is 1.60. The molecule has 0 aromatic carbocycles. The van der Waals surface area contributed by atoms with E-state index in [2.05, 4.69) is 15.1 Å². The van der Waals surface area contributed by atoms with Crippen LogP contribution in [0.2, 0.25) is 0 Å². The van der Waals surface area contributed by atoms with E-state index in [1.165, 1.54) is 0 Å². The minimum atomic E-state index is -0.188. The summed E-state index contributed by atoms with van der Waals surface area (Å²) in [5, 5.41) is 18.4. The number of piperidine rings is 1. The molecule has 1 spiro atoms. The summed E-state index contributed by atoms with van der Waals surface area (Å²) >= 11 is 0. The molecule has 1 saturated carbocycles. The Kier molecular flexibility index (Phi) is 3.56. The Morgan fingerprint density at radius 2 is 2.05 bits per heavy atom. The van der Waals surface area contributed by atoms with Crippen LogP contribution in [0.1, 0.15) is 30.9 Å². The van der Waals surface area contributed by atoms with Crippen molar-refractivity contribution >= 4 is 0 Å². The molecular weight excluding hydrogens is 256 g/mol. The molecule has 1 aromatic heterocycles. The van der Waals surface area contributed by atoms with Gasteiger partial charge in [0.2, 0.25) is 0 Å². The van der Waals surface area contributed by atoms with Gasteiger partial charge in [-0.1, -0.05) is 0 Å². The number of aliphatic hydroxyl groups is 1. The fraction of sp³-hybridized carbons (Fsp3) is 0.857. The molecule has 2 heterocycles. The second-order valence-corrected chi connectivity index (χ2v) is 6.21. The minimum absolute atomic E-state index is 0.00105. The van der Waals surface area contributed by atoms with Crippen LogP contribution >= 0.6 is 0 Å². The third-order valence-electron chi connectivity index (χ3n) is 5.36. The largest absolute Gasteiger partial charge is 0.392 e. The molecule has 1 aromatic rings. The summed E-state index contributed by atoms with van der Waals surface area (Å²) in [7, 11) is 3.76. The molecule has 6 nitrogen and oxygen atoms in total. The first-order chi connectivity index (χ1) is 9.56. The number of rotatable bonds is 3. The predicted molar refractivity (Wildman–Crippen MR) is 74.1 cm³/mol. The number of hydrogen-bond acceptors (Lipinski definition) is 5. The van der Waals surface area contributed by atoms with Crippen molar-refractivity contribution in [3.8, 4) is 0 Å². The summed E-state index contributed by atoms with van der Waals surface area (Å²) in [4.78, 5) is 2.40. The lowest BCUT2D eigenvalue weighted by Crippen LogP contribution is -2.62. The van der Waals surface area contributed by atoms with Gasteiger partial charge in [-0.15, -0.1) is 10.2 Å². The van der Waals surface area contributed by atoms with Crippen LogP contribution in [0.25, 0.3) is 0 Å². The Bertz CT molecular complexity index is 480. The number of nitrogens with zero attached hydrogens (tertiary/aromatic N) is 4. The van der Waals surface area contributed by atoms with E-state index in [0.717, 1.165) is 50.5 Å². The molecular formula is C14H24N4O2. The highest BCUT2D eigenvalue weighted by molar-refractivity contribution is 5.06. The molecule has 0 radical (unpaired) electrons. The van der Waals surface area contributed by atoms with Crippen molar-refractivity contribution in [2.75, 3.05) is 20.2 Å². The summed E-state index contributed by atoms with van der Waals surface area (Å²) in [5.74, 6) is 1.96. The number of aliphatic hydroxyl groups excluding tert-OH is 1. The Hall–Kier alpha value is -0.980. The highest BCUT2D eigenvalue weighted by Crippen LogP contribution is 2.50. The van der Waals surface area contributed by atoms with Gasteiger partial charge in [0.25, 0.3) is 0 Å². The van der Waals surface area contributed by atoms with Gasteiger partial charge in [-0.05, 0) is 32.9 Å². The number of ether oxygens (including phenoxy) is 1. The van der Waals surface area contributed by atoms with Crippen LogP contribution in [0.15, 0.2) is 0 Å². The molecule has 1 aliphatic heterocycles. The van der Waals surface area contributed by atoms with Crippen molar-refractivity contribution in [1.82, 2.24) is 19.7 Å². The van der Waals surface area contributed by atoms with E-state index in [4.69, 9.17) is 4.74 Å². The SMILES string of the molecule is CO[C@@H]1C[C@H](O)C12CCN(Cc1nnc(C)n1C)CC2. The van der Waals surface area contributed by atoms with Gasteiger partial charge in [0, 0.05) is 26.0 Å². The maximum Gasteiger partial charge on any atom is 0.146 e. The number of aryl methyl sites for hydroxylation is 1. The van der Waals surface area contributed by atoms with E-state index in [9.17, 15) is 5.11 Å². The number of hydrogen-bond donors (Lipinski definition) is 1. The number of aromatic nitrogens is 3. The van der Waals surface area contributed by atoms with Gasteiger partial charge in [0.15, 0.2) is 0 Å². The van der Waals surface area contributed by atoms with Crippen molar-refractivity contribution in [3.63, 3.8) is 0 Å². The fourth-order valence-corrected chi connectivity index (χ4v) is 3.63. The molecule has 1 aliphatic carbocycles. The standard InChI is InChI=1S/C14H24N4O2/c1-10-15-16-13(17(10)2)9-18-6-4-14(5-7-18)11(19)8-12(14)20-3/h11-12,19H,4-9H2,1-3H3/t11-,12+/m0/s1. The third-order valence-corrected chi connectivity index (χ3v) is 5.36. The maximum absolute atomic E-state index is 10.1. The Morgan fingerprint density at radius 3 is 2.55 bits per heavy atom.